The first kappa shape index (κ1) is 9.48. The lowest BCUT2D eigenvalue weighted by Crippen LogP contribution is -2.47. The Balaban J connectivity index is 2.39. The zero-order valence-electron chi connectivity index (χ0n) is 7.20. The van der Waals surface area contributed by atoms with E-state index in [1.165, 1.54) is 6.42 Å². The van der Waals surface area contributed by atoms with Gasteiger partial charge in [-0.05, 0) is 19.3 Å². The van der Waals surface area contributed by atoms with Gasteiger partial charge >= 0.3 is 0 Å². The Morgan fingerprint density at radius 2 is 2.00 bits per heavy atom. The number of aliphatic hydroxyl groups excluding tert-OH is 1. The molecule has 0 radical (unpaired) electrons. The first-order valence-corrected chi connectivity index (χ1v) is 4.41. The van der Waals surface area contributed by atoms with E-state index in [0.717, 1.165) is 25.9 Å². The van der Waals surface area contributed by atoms with Crippen LogP contribution in [0.4, 0.5) is 0 Å². The largest absolute Gasteiger partial charge is 0.394 e. The molecule has 1 amide bonds. The molecule has 4 nitrogen and oxygen atoms in total. The number of carbonyl (C=O) groups excluding carboxylic acids is 1. The quantitative estimate of drug-likeness (QED) is 0.580. The van der Waals surface area contributed by atoms with Crippen molar-refractivity contribution in [3.05, 3.63) is 0 Å². The lowest BCUT2D eigenvalue weighted by atomic mass is 10.1. The number of nitrogens with two attached hydrogens (primary N) is 1. The smallest absolute Gasteiger partial charge is 0.241 e. The van der Waals surface area contributed by atoms with Crippen molar-refractivity contribution in [2.75, 3.05) is 19.7 Å². The van der Waals surface area contributed by atoms with E-state index in [1.807, 2.05) is 0 Å². The summed E-state index contributed by atoms with van der Waals surface area (Å²) in [4.78, 5) is 13.1. The summed E-state index contributed by atoms with van der Waals surface area (Å²) >= 11 is 0. The number of rotatable bonds is 2. The molecule has 0 saturated carbocycles. The molecule has 0 aromatic heterocycles. The van der Waals surface area contributed by atoms with Crippen molar-refractivity contribution in [1.29, 1.82) is 0 Å². The van der Waals surface area contributed by atoms with E-state index in [-0.39, 0.29) is 12.5 Å². The van der Waals surface area contributed by atoms with Gasteiger partial charge in [-0.15, -0.1) is 0 Å². The molecule has 0 unspecified atom stereocenters. The van der Waals surface area contributed by atoms with Crippen molar-refractivity contribution in [3.8, 4) is 0 Å². The number of carbonyl (C=O) groups is 1. The normalized spacial score (nSPS) is 20.7. The van der Waals surface area contributed by atoms with Crippen LogP contribution in [0.25, 0.3) is 0 Å². The van der Waals surface area contributed by atoms with Gasteiger partial charge in [0.1, 0.15) is 6.04 Å². The van der Waals surface area contributed by atoms with Crippen LogP contribution in [0.2, 0.25) is 0 Å². The zero-order valence-corrected chi connectivity index (χ0v) is 7.20. The van der Waals surface area contributed by atoms with Gasteiger partial charge in [0.05, 0.1) is 6.61 Å². The fourth-order valence-electron chi connectivity index (χ4n) is 1.43. The molecule has 70 valence electrons. The second-order valence-corrected chi connectivity index (χ2v) is 3.18. The molecule has 0 bridgehead atoms. The minimum atomic E-state index is -0.719. The Morgan fingerprint density at radius 3 is 2.50 bits per heavy atom. The predicted molar refractivity (Wildman–Crippen MR) is 45.5 cm³/mol. The Morgan fingerprint density at radius 1 is 1.42 bits per heavy atom. The van der Waals surface area contributed by atoms with Crippen LogP contribution in [0, 0.1) is 0 Å². The summed E-state index contributed by atoms with van der Waals surface area (Å²) in [5, 5.41) is 8.66. The standard InChI is InChI=1S/C8H16N2O2/c9-7(6-11)8(12)10-4-2-1-3-5-10/h7,11H,1-6,9H2/t7-/m1/s1. The fourth-order valence-corrected chi connectivity index (χ4v) is 1.43. The van der Waals surface area contributed by atoms with Crippen molar-refractivity contribution in [1.82, 2.24) is 4.90 Å². The van der Waals surface area contributed by atoms with Crippen LogP contribution in [0.5, 0.6) is 0 Å². The van der Waals surface area contributed by atoms with Gasteiger partial charge in [0.2, 0.25) is 5.91 Å². The first-order valence-electron chi connectivity index (χ1n) is 4.41. The average molecular weight is 172 g/mol. The third-order valence-electron chi connectivity index (χ3n) is 2.18. The lowest BCUT2D eigenvalue weighted by Gasteiger charge is -2.28. The molecule has 12 heavy (non-hydrogen) atoms. The minimum absolute atomic E-state index is 0.114. The molecular weight excluding hydrogens is 156 g/mol. The Kier molecular flexibility index (Phi) is 3.49. The molecule has 1 atom stereocenters. The number of aliphatic hydroxyl groups is 1. The highest BCUT2D eigenvalue weighted by molar-refractivity contribution is 5.81. The van der Waals surface area contributed by atoms with E-state index < -0.39 is 6.04 Å². The highest BCUT2D eigenvalue weighted by atomic mass is 16.3. The van der Waals surface area contributed by atoms with Gasteiger partial charge in [0, 0.05) is 13.1 Å². The average Bonchev–Trinajstić information content (AvgIpc) is 2.17. The molecule has 4 heteroatoms. The molecule has 0 aliphatic carbocycles. The molecule has 1 rings (SSSR count). The SMILES string of the molecule is N[C@H](CO)C(=O)N1CCCCC1. The summed E-state index contributed by atoms with van der Waals surface area (Å²) in [6, 6.07) is -0.719. The van der Waals surface area contributed by atoms with Gasteiger partial charge in [-0.2, -0.15) is 0 Å². The molecule has 1 aliphatic heterocycles. The van der Waals surface area contributed by atoms with E-state index in [2.05, 4.69) is 0 Å². The topological polar surface area (TPSA) is 66.6 Å². The minimum Gasteiger partial charge on any atom is -0.394 e. The summed E-state index contributed by atoms with van der Waals surface area (Å²) in [6.07, 6.45) is 3.31. The van der Waals surface area contributed by atoms with Crippen LogP contribution in [0.15, 0.2) is 0 Å². The highest BCUT2D eigenvalue weighted by Crippen LogP contribution is 2.09. The van der Waals surface area contributed by atoms with E-state index in [0.29, 0.717) is 0 Å². The third kappa shape index (κ3) is 2.19. The van der Waals surface area contributed by atoms with E-state index in [4.69, 9.17) is 10.8 Å². The van der Waals surface area contributed by atoms with Gasteiger partial charge in [-0.1, -0.05) is 0 Å². The summed E-state index contributed by atoms with van der Waals surface area (Å²) in [5.74, 6) is -0.114. The van der Waals surface area contributed by atoms with Crippen molar-refractivity contribution in [3.63, 3.8) is 0 Å². The number of amides is 1. The molecule has 1 aliphatic rings. The molecule has 3 N–H and O–H groups in total. The van der Waals surface area contributed by atoms with Crippen LogP contribution in [-0.4, -0.2) is 41.7 Å². The second kappa shape index (κ2) is 4.42. The van der Waals surface area contributed by atoms with Gasteiger partial charge in [-0.3, -0.25) is 4.79 Å². The van der Waals surface area contributed by atoms with Crippen molar-refractivity contribution >= 4 is 5.91 Å². The molecule has 1 heterocycles. The Labute approximate surface area is 72.3 Å². The van der Waals surface area contributed by atoms with E-state index in [1.54, 1.807) is 4.90 Å². The predicted octanol–water partition coefficient (Wildman–Crippen LogP) is -0.682. The molecule has 0 aromatic carbocycles. The molecule has 1 fully saturated rings. The van der Waals surface area contributed by atoms with Crippen molar-refractivity contribution in [2.24, 2.45) is 5.73 Å². The third-order valence-corrected chi connectivity index (χ3v) is 2.18. The van der Waals surface area contributed by atoms with Gasteiger partial charge in [0.25, 0.3) is 0 Å². The van der Waals surface area contributed by atoms with Crippen LogP contribution in [0.3, 0.4) is 0 Å². The summed E-state index contributed by atoms with van der Waals surface area (Å²) in [7, 11) is 0. The molecule has 1 saturated heterocycles. The van der Waals surface area contributed by atoms with E-state index in [9.17, 15) is 4.79 Å². The van der Waals surface area contributed by atoms with Crippen LogP contribution >= 0.6 is 0 Å². The van der Waals surface area contributed by atoms with E-state index >= 15 is 0 Å². The zero-order chi connectivity index (χ0) is 8.97. The lowest BCUT2D eigenvalue weighted by molar-refractivity contribution is -0.134. The monoisotopic (exact) mass is 172 g/mol. The maximum absolute atomic E-state index is 11.4. The van der Waals surface area contributed by atoms with Gasteiger partial charge in [-0.25, -0.2) is 0 Å². The number of likely N-dealkylation sites (tertiary alicyclic amines) is 1. The Bertz CT molecular complexity index is 155. The van der Waals surface area contributed by atoms with Crippen LogP contribution in [-0.2, 0) is 4.79 Å². The summed E-state index contributed by atoms with van der Waals surface area (Å²) < 4.78 is 0. The fraction of sp³-hybridized carbons (Fsp3) is 0.875. The number of hydrogen-bond acceptors (Lipinski definition) is 3. The van der Waals surface area contributed by atoms with Crippen molar-refractivity contribution < 1.29 is 9.90 Å². The first-order chi connectivity index (χ1) is 5.75. The number of hydrogen-bond donors (Lipinski definition) is 2. The van der Waals surface area contributed by atoms with Crippen LogP contribution < -0.4 is 5.73 Å². The van der Waals surface area contributed by atoms with Gasteiger partial charge < -0.3 is 15.7 Å². The second-order valence-electron chi connectivity index (χ2n) is 3.18. The Hall–Kier alpha value is -0.610. The molecular formula is C8H16N2O2. The van der Waals surface area contributed by atoms with Crippen LogP contribution in [0.1, 0.15) is 19.3 Å². The van der Waals surface area contributed by atoms with Crippen molar-refractivity contribution in [2.45, 2.75) is 25.3 Å². The molecule has 0 aromatic rings. The molecule has 0 spiro atoms. The summed E-state index contributed by atoms with van der Waals surface area (Å²) in [5.41, 5.74) is 5.41. The van der Waals surface area contributed by atoms with Gasteiger partial charge in [0.15, 0.2) is 0 Å². The maximum Gasteiger partial charge on any atom is 0.241 e. The number of nitrogens with zero attached hydrogens (tertiary/aromatic N) is 1. The highest BCUT2D eigenvalue weighted by Gasteiger charge is 2.21. The number of piperidine rings is 1. The maximum atomic E-state index is 11.4. The summed E-state index contributed by atoms with van der Waals surface area (Å²) in [6.45, 7) is 1.34.